The second-order valence-electron chi connectivity index (χ2n) is 5.77. The molecule has 1 aliphatic rings. The molecule has 2 aromatic carbocycles. The van der Waals surface area contributed by atoms with E-state index in [-0.39, 0.29) is 4.90 Å². The predicted octanol–water partition coefficient (Wildman–Crippen LogP) is 2.93. The van der Waals surface area contributed by atoms with E-state index < -0.39 is 10.0 Å². The molecule has 0 aromatic heterocycles. The van der Waals surface area contributed by atoms with Crippen LogP contribution in [0.25, 0.3) is 0 Å². The van der Waals surface area contributed by atoms with Crippen LogP contribution in [0.5, 0.6) is 5.75 Å². The van der Waals surface area contributed by atoms with Crippen LogP contribution in [0, 0.1) is 13.8 Å². The summed E-state index contributed by atoms with van der Waals surface area (Å²) in [6.45, 7) is 5.12. The van der Waals surface area contributed by atoms with Gasteiger partial charge in [-0.25, -0.2) is 8.42 Å². The molecular formula is C17H20N2O3S. The molecule has 0 radical (unpaired) electrons. The Balaban J connectivity index is 1.99. The summed E-state index contributed by atoms with van der Waals surface area (Å²) in [7, 11) is -1.72. The first-order valence-electron chi connectivity index (χ1n) is 7.45. The maximum absolute atomic E-state index is 12.7. The van der Waals surface area contributed by atoms with E-state index in [2.05, 4.69) is 4.72 Å². The summed E-state index contributed by atoms with van der Waals surface area (Å²) in [4.78, 5) is 2.23. The molecule has 1 N–H and O–H groups in total. The summed E-state index contributed by atoms with van der Waals surface area (Å²) in [5.74, 6) is 0.713. The second kappa shape index (κ2) is 5.77. The molecule has 0 bridgehead atoms. The number of likely N-dealkylation sites (N-methyl/N-ethyl adjacent to an activating group) is 1. The number of sulfonamides is 1. The third-order valence-corrected chi connectivity index (χ3v) is 5.40. The molecule has 0 aliphatic carbocycles. The first-order chi connectivity index (χ1) is 10.9. The van der Waals surface area contributed by atoms with Gasteiger partial charge in [-0.1, -0.05) is 18.2 Å². The highest BCUT2D eigenvalue weighted by atomic mass is 32.2. The van der Waals surface area contributed by atoms with Gasteiger partial charge in [0.1, 0.15) is 12.4 Å². The van der Waals surface area contributed by atoms with Gasteiger partial charge in [-0.2, -0.15) is 0 Å². The van der Waals surface area contributed by atoms with Crippen LogP contribution in [-0.2, 0) is 10.0 Å². The Morgan fingerprint density at radius 3 is 2.52 bits per heavy atom. The van der Waals surface area contributed by atoms with E-state index in [1.165, 1.54) is 0 Å². The van der Waals surface area contributed by atoms with E-state index in [0.29, 0.717) is 18.0 Å². The number of rotatable bonds is 3. The topological polar surface area (TPSA) is 58.6 Å². The molecule has 3 rings (SSSR count). The van der Waals surface area contributed by atoms with Crippen LogP contribution in [0.4, 0.5) is 11.4 Å². The molecule has 0 fully saturated rings. The van der Waals surface area contributed by atoms with E-state index in [9.17, 15) is 8.42 Å². The van der Waals surface area contributed by atoms with Crippen molar-refractivity contribution >= 4 is 21.4 Å². The van der Waals surface area contributed by atoms with Crippen LogP contribution in [0.2, 0.25) is 0 Å². The zero-order valence-corrected chi connectivity index (χ0v) is 14.3. The van der Waals surface area contributed by atoms with E-state index in [0.717, 1.165) is 23.4 Å². The molecule has 0 amide bonds. The number of hydrogen-bond acceptors (Lipinski definition) is 4. The lowest BCUT2D eigenvalue weighted by molar-refractivity contribution is 0.311. The van der Waals surface area contributed by atoms with Gasteiger partial charge in [0.15, 0.2) is 0 Å². The third kappa shape index (κ3) is 2.99. The van der Waals surface area contributed by atoms with Crippen molar-refractivity contribution in [1.82, 2.24) is 0 Å². The van der Waals surface area contributed by atoms with Crippen molar-refractivity contribution < 1.29 is 13.2 Å². The van der Waals surface area contributed by atoms with E-state index in [4.69, 9.17) is 4.74 Å². The average molecular weight is 332 g/mol. The molecular weight excluding hydrogens is 312 g/mol. The Hall–Kier alpha value is -2.21. The SMILES string of the molecule is Cc1cccc(C)c1NS(=O)(=O)c1ccc2c(c1)N(C)CCO2. The van der Waals surface area contributed by atoms with Crippen molar-refractivity contribution in [3.05, 3.63) is 47.5 Å². The van der Waals surface area contributed by atoms with Crippen molar-refractivity contribution in [2.45, 2.75) is 18.7 Å². The number of fused-ring (bicyclic) bond motifs is 1. The van der Waals surface area contributed by atoms with Crippen LogP contribution < -0.4 is 14.4 Å². The number of nitrogens with zero attached hydrogens (tertiary/aromatic N) is 1. The largest absolute Gasteiger partial charge is 0.490 e. The van der Waals surface area contributed by atoms with E-state index in [1.807, 2.05) is 44.0 Å². The monoisotopic (exact) mass is 332 g/mol. The minimum Gasteiger partial charge on any atom is -0.490 e. The van der Waals surface area contributed by atoms with Gasteiger partial charge >= 0.3 is 0 Å². The summed E-state index contributed by atoms with van der Waals surface area (Å²) in [6.07, 6.45) is 0. The smallest absolute Gasteiger partial charge is 0.261 e. The highest BCUT2D eigenvalue weighted by Crippen LogP contribution is 2.33. The molecule has 0 unspecified atom stereocenters. The van der Waals surface area contributed by atoms with Crippen LogP contribution in [0.15, 0.2) is 41.3 Å². The quantitative estimate of drug-likeness (QED) is 0.939. The summed E-state index contributed by atoms with van der Waals surface area (Å²) >= 11 is 0. The van der Waals surface area contributed by atoms with Crippen molar-refractivity contribution in [2.75, 3.05) is 29.8 Å². The van der Waals surface area contributed by atoms with Crippen molar-refractivity contribution in [2.24, 2.45) is 0 Å². The maximum Gasteiger partial charge on any atom is 0.261 e. The average Bonchev–Trinajstić information content (AvgIpc) is 2.51. The van der Waals surface area contributed by atoms with Crippen LogP contribution >= 0.6 is 0 Å². The molecule has 1 aliphatic heterocycles. The van der Waals surface area contributed by atoms with Gasteiger partial charge in [0.05, 0.1) is 22.8 Å². The summed E-state index contributed by atoms with van der Waals surface area (Å²) in [6, 6.07) is 10.6. The van der Waals surface area contributed by atoms with Crippen LogP contribution in [0.1, 0.15) is 11.1 Å². The zero-order chi connectivity index (χ0) is 16.6. The number of nitrogens with one attached hydrogen (secondary N) is 1. The molecule has 0 saturated heterocycles. The minimum absolute atomic E-state index is 0.233. The van der Waals surface area contributed by atoms with Crippen molar-refractivity contribution in [1.29, 1.82) is 0 Å². The summed E-state index contributed by atoms with van der Waals surface area (Å²) in [5, 5.41) is 0. The number of anilines is 2. The zero-order valence-electron chi connectivity index (χ0n) is 13.5. The first kappa shape index (κ1) is 15.7. The van der Waals surface area contributed by atoms with Gasteiger partial charge in [-0.15, -0.1) is 0 Å². The van der Waals surface area contributed by atoms with E-state index in [1.54, 1.807) is 18.2 Å². The fraction of sp³-hybridized carbons (Fsp3) is 0.294. The predicted molar refractivity (Wildman–Crippen MR) is 91.9 cm³/mol. The highest BCUT2D eigenvalue weighted by Gasteiger charge is 2.21. The molecule has 23 heavy (non-hydrogen) atoms. The van der Waals surface area contributed by atoms with Crippen LogP contribution in [-0.4, -0.2) is 28.6 Å². The molecule has 2 aromatic rings. The Bertz CT molecular complexity index is 827. The molecule has 0 saturated carbocycles. The molecule has 122 valence electrons. The number of para-hydroxylation sites is 1. The lowest BCUT2D eigenvalue weighted by Crippen LogP contribution is -2.29. The van der Waals surface area contributed by atoms with E-state index >= 15 is 0 Å². The molecule has 6 heteroatoms. The lowest BCUT2D eigenvalue weighted by atomic mass is 10.1. The standard InChI is InChI=1S/C17H20N2O3S/c1-12-5-4-6-13(2)17(12)18-23(20,21)14-7-8-16-15(11-14)19(3)9-10-22-16/h4-8,11,18H,9-10H2,1-3H3. The lowest BCUT2D eigenvalue weighted by Gasteiger charge is -2.28. The Labute approximate surface area is 136 Å². The second-order valence-corrected chi connectivity index (χ2v) is 7.45. The number of ether oxygens (including phenoxy) is 1. The first-order valence-corrected chi connectivity index (χ1v) is 8.94. The van der Waals surface area contributed by atoms with Gasteiger partial charge in [0.2, 0.25) is 0 Å². The Morgan fingerprint density at radius 2 is 1.83 bits per heavy atom. The number of aryl methyl sites for hydroxylation is 2. The fourth-order valence-corrected chi connectivity index (χ4v) is 3.89. The normalized spacial score (nSPS) is 14.1. The molecule has 0 atom stereocenters. The maximum atomic E-state index is 12.7. The fourth-order valence-electron chi connectivity index (χ4n) is 2.67. The molecule has 1 heterocycles. The molecule has 5 nitrogen and oxygen atoms in total. The van der Waals surface area contributed by atoms with Crippen LogP contribution in [0.3, 0.4) is 0 Å². The minimum atomic E-state index is -3.65. The van der Waals surface area contributed by atoms with Gasteiger partial charge in [0.25, 0.3) is 10.0 Å². The van der Waals surface area contributed by atoms with Gasteiger partial charge in [-0.3, -0.25) is 4.72 Å². The number of benzene rings is 2. The summed E-state index contributed by atoms with van der Waals surface area (Å²) < 4.78 is 33.7. The summed E-state index contributed by atoms with van der Waals surface area (Å²) in [5.41, 5.74) is 3.22. The van der Waals surface area contributed by atoms with Gasteiger partial charge in [0, 0.05) is 7.05 Å². The van der Waals surface area contributed by atoms with Crippen molar-refractivity contribution in [3.8, 4) is 5.75 Å². The number of hydrogen-bond donors (Lipinski definition) is 1. The molecule has 0 spiro atoms. The van der Waals surface area contributed by atoms with Gasteiger partial charge < -0.3 is 9.64 Å². The highest BCUT2D eigenvalue weighted by molar-refractivity contribution is 7.92. The van der Waals surface area contributed by atoms with Crippen molar-refractivity contribution in [3.63, 3.8) is 0 Å². The third-order valence-electron chi connectivity index (χ3n) is 4.05. The Morgan fingerprint density at radius 1 is 1.13 bits per heavy atom. The Kier molecular flexibility index (Phi) is 3.93. The van der Waals surface area contributed by atoms with Gasteiger partial charge in [-0.05, 0) is 43.2 Å².